The van der Waals surface area contributed by atoms with Gasteiger partial charge in [-0.15, -0.1) is 0 Å². The third kappa shape index (κ3) is 1.04. The van der Waals surface area contributed by atoms with Crippen LogP contribution in [0, 0.1) is 0 Å². The number of benzene rings is 1. The first-order valence-electron chi connectivity index (χ1n) is 3.77. The molecule has 2 nitrogen and oxygen atoms in total. The Morgan fingerprint density at radius 1 is 1.36 bits per heavy atom. The van der Waals surface area contributed by atoms with Crippen molar-refractivity contribution in [2.45, 2.75) is 5.60 Å². The van der Waals surface area contributed by atoms with Gasteiger partial charge in [0.1, 0.15) is 5.60 Å². The Labute approximate surface area is 66.0 Å². The SMILES string of the molecule is NCC1(c2ccccc2)CO1. The minimum atomic E-state index is -0.138. The van der Waals surface area contributed by atoms with Crippen LogP contribution in [0.4, 0.5) is 0 Å². The summed E-state index contributed by atoms with van der Waals surface area (Å²) in [7, 11) is 0. The number of ether oxygens (including phenoxy) is 1. The van der Waals surface area contributed by atoms with E-state index in [0.717, 1.165) is 6.61 Å². The molecule has 1 aromatic carbocycles. The van der Waals surface area contributed by atoms with E-state index in [9.17, 15) is 0 Å². The summed E-state index contributed by atoms with van der Waals surface area (Å²) in [6.07, 6.45) is 0. The summed E-state index contributed by atoms with van der Waals surface area (Å²) in [6.45, 7) is 1.35. The first-order chi connectivity index (χ1) is 5.37. The van der Waals surface area contributed by atoms with Gasteiger partial charge in [0, 0.05) is 6.54 Å². The second kappa shape index (κ2) is 2.32. The fourth-order valence-electron chi connectivity index (χ4n) is 1.23. The second-order valence-electron chi connectivity index (χ2n) is 2.85. The van der Waals surface area contributed by atoms with Gasteiger partial charge < -0.3 is 10.5 Å². The highest BCUT2D eigenvalue weighted by Crippen LogP contribution is 2.36. The minimum absolute atomic E-state index is 0.138. The van der Waals surface area contributed by atoms with Gasteiger partial charge in [0.2, 0.25) is 0 Å². The maximum Gasteiger partial charge on any atom is 0.129 e. The molecule has 0 radical (unpaired) electrons. The van der Waals surface area contributed by atoms with E-state index in [1.807, 2.05) is 18.2 Å². The number of epoxide rings is 1. The molecule has 1 unspecified atom stereocenters. The third-order valence-corrected chi connectivity index (χ3v) is 2.12. The van der Waals surface area contributed by atoms with Crippen LogP contribution >= 0.6 is 0 Å². The maximum atomic E-state index is 5.58. The molecule has 1 heterocycles. The largest absolute Gasteiger partial charge is 0.363 e. The lowest BCUT2D eigenvalue weighted by molar-refractivity contribution is 0.315. The molecule has 0 saturated carbocycles. The van der Waals surface area contributed by atoms with Gasteiger partial charge in [-0.25, -0.2) is 0 Å². The third-order valence-electron chi connectivity index (χ3n) is 2.12. The van der Waals surface area contributed by atoms with Crippen LogP contribution in [0.3, 0.4) is 0 Å². The smallest absolute Gasteiger partial charge is 0.129 e. The Bertz CT molecular complexity index is 241. The molecule has 1 saturated heterocycles. The summed E-state index contributed by atoms with van der Waals surface area (Å²) >= 11 is 0. The average Bonchev–Trinajstić information content (AvgIpc) is 2.86. The highest BCUT2D eigenvalue weighted by Gasteiger charge is 2.44. The summed E-state index contributed by atoms with van der Waals surface area (Å²) in [4.78, 5) is 0. The van der Waals surface area contributed by atoms with E-state index in [1.54, 1.807) is 0 Å². The Hall–Kier alpha value is -0.860. The van der Waals surface area contributed by atoms with Crippen LogP contribution in [0.25, 0.3) is 0 Å². The lowest BCUT2D eigenvalue weighted by Gasteiger charge is -2.07. The summed E-state index contributed by atoms with van der Waals surface area (Å²) < 4.78 is 5.31. The molecule has 0 aliphatic carbocycles. The minimum Gasteiger partial charge on any atom is -0.363 e. The first kappa shape index (κ1) is 6.83. The van der Waals surface area contributed by atoms with Crippen molar-refractivity contribution in [3.05, 3.63) is 35.9 Å². The number of rotatable bonds is 2. The molecular formula is C9H11NO. The number of hydrogen-bond acceptors (Lipinski definition) is 2. The predicted octanol–water partition coefficient (Wildman–Crippen LogP) is 0.871. The zero-order chi connectivity index (χ0) is 7.73. The first-order valence-corrected chi connectivity index (χ1v) is 3.77. The van der Waals surface area contributed by atoms with Crippen LogP contribution in [-0.2, 0) is 10.3 Å². The molecule has 2 N–H and O–H groups in total. The quantitative estimate of drug-likeness (QED) is 0.634. The van der Waals surface area contributed by atoms with Crippen molar-refractivity contribution < 1.29 is 4.74 Å². The van der Waals surface area contributed by atoms with Gasteiger partial charge in [0.25, 0.3) is 0 Å². The summed E-state index contributed by atoms with van der Waals surface area (Å²) in [6, 6.07) is 10.1. The normalized spacial score (nSPS) is 28.5. The fraction of sp³-hybridized carbons (Fsp3) is 0.333. The van der Waals surface area contributed by atoms with Crippen molar-refractivity contribution in [1.29, 1.82) is 0 Å². The van der Waals surface area contributed by atoms with Gasteiger partial charge in [0.05, 0.1) is 6.61 Å². The van der Waals surface area contributed by atoms with Crippen LogP contribution in [0.15, 0.2) is 30.3 Å². The number of nitrogens with two attached hydrogens (primary N) is 1. The highest BCUT2D eigenvalue weighted by molar-refractivity contribution is 5.26. The van der Waals surface area contributed by atoms with Gasteiger partial charge in [-0.1, -0.05) is 30.3 Å². The Kier molecular flexibility index (Phi) is 1.44. The lowest BCUT2D eigenvalue weighted by Crippen LogP contribution is -2.21. The molecule has 1 atom stereocenters. The van der Waals surface area contributed by atoms with E-state index in [0.29, 0.717) is 6.54 Å². The van der Waals surface area contributed by atoms with Crippen molar-refractivity contribution in [2.24, 2.45) is 5.73 Å². The second-order valence-corrected chi connectivity index (χ2v) is 2.85. The Morgan fingerprint density at radius 3 is 2.45 bits per heavy atom. The molecule has 1 aliphatic rings. The van der Waals surface area contributed by atoms with Crippen LogP contribution < -0.4 is 5.73 Å². The van der Waals surface area contributed by atoms with Gasteiger partial charge >= 0.3 is 0 Å². The molecule has 0 bridgehead atoms. The standard InChI is InChI=1S/C9H11NO/c10-6-9(7-11-9)8-4-2-1-3-5-8/h1-5H,6-7,10H2. The van der Waals surface area contributed by atoms with Crippen LogP contribution in [0.1, 0.15) is 5.56 Å². The van der Waals surface area contributed by atoms with E-state index in [4.69, 9.17) is 10.5 Å². The molecule has 0 aromatic heterocycles. The van der Waals surface area contributed by atoms with Gasteiger partial charge in [0.15, 0.2) is 0 Å². The van der Waals surface area contributed by atoms with Gasteiger partial charge in [-0.05, 0) is 5.56 Å². The summed E-state index contributed by atoms with van der Waals surface area (Å²) in [5.41, 5.74) is 6.63. The van der Waals surface area contributed by atoms with Gasteiger partial charge in [-0.3, -0.25) is 0 Å². The molecule has 58 valence electrons. The van der Waals surface area contributed by atoms with E-state index < -0.39 is 0 Å². The molecule has 1 aromatic rings. The topological polar surface area (TPSA) is 38.5 Å². The molecule has 2 heteroatoms. The van der Waals surface area contributed by atoms with Crippen molar-refractivity contribution in [3.63, 3.8) is 0 Å². The zero-order valence-corrected chi connectivity index (χ0v) is 6.29. The zero-order valence-electron chi connectivity index (χ0n) is 6.29. The molecule has 1 fully saturated rings. The van der Waals surface area contributed by atoms with Gasteiger partial charge in [-0.2, -0.15) is 0 Å². The van der Waals surface area contributed by atoms with Crippen LogP contribution in [0.2, 0.25) is 0 Å². The van der Waals surface area contributed by atoms with Crippen LogP contribution in [0.5, 0.6) is 0 Å². The van der Waals surface area contributed by atoms with E-state index in [2.05, 4.69) is 12.1 Å². The number of hydrogen-bond donors (Lipinski definition) is 1. The predicted molar refractivity (Wildman–Crippen MR) is 43.1 cm³/mol. The molecular weight excluding hydrogens is 138 g/mol. The van der Waals surface area contributed by atoms with Crippen molar-refractivity contribution in [3.8, 4) is 0 Å². The highest BCUT2D eigenvalue weighted by atomic mass is 16.6. The molecule has 2 rings (SSSR count). The summed E-state index contributed by atoms with van der Waals surface area (Å²) in [5, 5.41) is 0. The van der Waals surface area contributed by atoms with E-state index in [1.165, 1.54) is 5.56 Å². The average molecular weight is 149 g/mol. The monoisotopic (exact) mass is 149 g/mol. The van der Waals surface area contributed by atoms with Crippen molar-refractivity contribution in [1.82, 2.24) is 0 Å². The Balaban J connectivity index is 2.30. The van der Waals surface area contributed by atoms with E-state index >= 15 is 0 Å². The summed E-state index contributed by atoms with van der Waals surface area (Å²) in [5.74, 6) is 0. The van der Waals surface area contributed by atoms with Crippen molar-refractivity contribution in [2.75, 3.05) is 13.2 Å². The fourth-order valence-corrected chi connectivity index (χ4v) is 1.23. The molecule has 1 aliphatic heterocycles. The maximum absolute atomic E-state index is 5.58. The van der Waals surface area contributed by atoms with Crippen molar-refractivity contribution >= 4 is 0 Å². The molecule has 0 spiro atoms. The Morgan fingerprint density at radius 2 is 2.00 bits per heavy atom. The van der Waals surface area contributed by atoms with E-state index in [-0.39, 0.29) is 5.60 Å². The lowest BCUT2D eigenvalue weighted by atomic mass is 10.0. The van der Waals surface area contributed by atoms with Crippen LogP contribution in [-0.4, -0.2) is 13.2 Å². The molecule has 11 heavy (non-hydrogen) atoms. The molecule has 0 amide bonds.